The van der Waals surface area contributed by atoms with Gasteiger partial charge in [0.2, 0.25) is 0 Å². The zero-order chi connectivity index (χ0) is 13.8. The molecule has 1 aromatic rings. The minimum absolute atomic E-state index is 0.00227. The summed E-state index contributed by atoms with van der Waals surface area (Å²) in [5.74, 6) is 2.76. The average molecular weight is 346 g/mol. The van der Waals surface area contributed by atoms with Crippen LogP contribution >= 0.6 is 27.7 Å². The van der Waals surface area contributed by atoms with Crippen LogP contribution in [-0.4, -0.2) is 25.2 Å². The van der Waals surface area contributed by atoms with Crippen LogP contribution in [0.4, 0.5) is 0 Å². The summed E-state index contributed by atoms with van der Waals surface area (Å²) in [6.07, 6.45) is 3.75. The SMILES string of the molecule is COc1ccc(C(N)C2CCCCS2)c(OC)c1Br. The maximum absolute atomic E-state index is 6.44. The Bertz CT molecular complexity index is 436. The summed E-state index contributed by atoms with van der Waals surface area (Å²) in [7, 11) is 3.32. The van der Waals surface area contributed by atoms with E-state index in [9.17, 15) is 0 Å². The molecule has 0 spiro atoms. The second-order valence-corrected chi connectivity index (χ2v) is 6.78. The molecule has 2 N–H and O–H groups in total. The highest BCUT2D eigenvalue weighted by atomic mass is 79.9. The third-order valence-corrected chi connectivity index (χ3v) is 5.72. The largest absolute Gasteiger partial charge is 0.495 e. The molecule has 19 heavy (non-hydrogen) atoms. The molecule has 1 saturated heterocycles. The summed E-state index contributed by atoms with van der Waals surface area (Å²) in [5, 5.41) is 0.475. The van der Waals surface area contributed by atoms with Gasteiger partial charge in [0.05, 0.1) is 14.2 Å². The van der Waals surface area contributed by atoms with E-state index in [1.54, 1.807) is 14.2 Å². The zero-order valence-corrected chi connectivity index (χ0v) is 13.7. The van der Waals surface area contributed by atoms with Crippen molar-refractivity contribution in [1.29, 1.82) is 0 Å². The number of halogens is 1. The fraction of sp³-hybridized carbons (Fsp3) is 0.571. The Labute approximate surface area is 127 Å². The molecule has 2 atom stereocenters. The van der Waals surface area contributed by atoms with Gasteiger partial charge in [-0.1, -0.05) is 6.42 Å². The molecule has 2 rings (SSSR count). The summed E-state index contributed by atoms with van der Waals surface area (Å²) in [6.45, 7) is 0. The van der Waals surface area contributed by atoms with Crippen LogP contribution in [0.15, 0.2) is 16.6 Å². The predicted octanol–water partition coefficient (Wildman–Crippen LogP) is 3.75. The highest BCUT2D eigenvalue weighted by molar-refractivity contribution is 9.10. The second kappa shape index (κ2) is 6.86. The third-order valence-electron chi connectivity index (χ3n) is 3.49. The molecule has 3 nitrogen and oxygen atoms in total. The van der Waals surface area contributed by atoms with Crippen molar-refractivity contribution in [3.8, 4) is 11.5 Å². The molecule has 0 radical (unpaired) electrons. The van der Waals surface area contributed by atoms with Crippen molar-refractivity contribution < 1.29 is 9.47 Å². The second-order valence-electron chi connectivity index (χ2n) is 4.64. The van der Waals surface area contributed by atoms with Crippen LogP contribution in [0.2, 0.25) is 0 Å². The van der Waals surface area contributed by atoms with E-state index in [2.05, 4.69) is 15.9 Å². The topological polar surface area (TPSA) is 44.5 Å². The first-order valence-electron chi connectivity index (χ1n) is 6.46. The van der Waals surface area contributed by atoms with Gasteiger partial charge < -0.3 is 15.2 Å². The molecular weight excluding hydrogens is 326 g/mol. The number of thioether (sulfide) groups is 1. The Morgan fingerprint density at radius 1 is 1.32 bits per heavy atom. The molecule has 0 aromatic heterocycles. The molecule has 1 aromatic carbocycles. The summed E-state index contributed by atoms with van der Waals surface area (Å²) < 4.78 is 11.6. The van der Waals surface area contributed by atoms with E-state index in [1.165, 1.54) is 25.0 Å². The maximum Gasteiger partial charge on any atom is 0.141 e. The van der Waals surface area contributed by atoms with Gasteiger partial charge in [-0.25, -0.2) is 0 Å². The number of methoxy groups -OCH3 is 2. The first-order chi connectivity index (χ1) is 9.19. The van der Waals surface area contributed by atoms with Crippen LogP contribution < -0.4 is 15.2 Å². The lowest BCUT2D eigenvalue weighted by atomic mass is 9.99. The van der Waals surface area contributed by atoms with E-state index in [0.717, 1.165) is 21.5 Å². The quantitative estimate of drug-likeness (QED) is 0.902. The molecule has 1 fully saturated rings. The Balaban J connectivity index is 2.30. The standard InChI is InChI=1S/C14H20BrNO2S/c1-17-10-7-6-9(14(18-2)12(10)15)13(16)11-5-3-4-8-19-11/h6-7,11,13H,3-5,8,16H2,1-2H3. The van der Waals surface area contributed by atoms with Crippen LogP contribution in [-0.2, 0) is 0 Å². The van der Waals surface area contributed by atoms with Crippen molar-refractivity contribution in [1.82, 2.24) is 0 Å². The van der Waals surface area contributed by atoms with Crippen LogP contribution in [0, 0.1) is 0 Å². The number of hydrogen-bond acceptors (Lipinski definition) is 4. The van der Waals surface area contributed by atoms with E-state index < -0.39 is 0 Å². The number of benzene rings is 1. The number of ether oxygens (including phenoxy) is 2. The van der Waals surface area contributed by atoms with E-state index in [4.69, 9.17) is 15.2 Å². The Morgan fingerprint density at radius 3 is 2.68 bits per heavy atom. The Morgan fingerprint density at radius 2 is 2.11 bits per heavy atom. The number of nitrogens with two attached hydrogens (primary N) is 1. The van der Waals surface area contributed by atoms with Crippen molar-refractivity contribution in [3.05, 3.63) is 22.2 Å². The lowest BCUT2D eigenvalue weighted by Crippen LogP contribution is -2.26. The van der Waals surface area contributed by atoms with Crippen molar-refractivity contribution in [2.24, 2.45) is 5.73 Å². The van der Waals surface area contributed by atoms with Crippen LogP contribution in [0.1, 0.15) is 30.9 Å². The van der Waals surface area contributed by atoms with Crippen molar-refractivity contribution in [2.45, 2.75) is 30.6 Å². The molecule has 0 saturated carbocycles. The van der Waals surface area contributed by atoms with E-state index in [0.29, 0.717) is 5.25 Å². The van der Waals surface area contributed by atoms with Crippen LogP contribution in [0.25, 0.3) is 0 Å². The molecule has 5 heteroatoms. The molecule has 0 amide bonds. The van der Waals surface area contributed by atoms with E-state index in [-0.39, 0.29) is 6.04 Å². The lowest BCUT2D eigenvalue weighted by Gasteiger charge is -2.28. The van der Waals surface area contributed by atoms with Gasteiger partial charge in [0.1, 0.15) is 16.0 Å². The fourth-order valence-corrected chi connectivity index (χ4v) is 4.48. The van der Waals surface area contributed by atoms with Gasteiger partial charge in [-0.15, -0.1) is 0 Å². The molecule has 0 bridgehead atoms. The van der Waals surface area contributed by atoms with Crippen LogP contribution in [0.3, 0.4) is 0 Å². The van der Waals surface area contributed by atoms with Gasteiger partial charge in [0, 0.05) is 16.9 Å². The summed E-state index contributed by atoms with van der Waals surface area (Å²) in [6, 6.07) is 3.96. The fourth-order valence-electron chi connectivity index (χ4n) is 2.43. The first kappa shape index (κ1) is 15.0. The van der Waals surface area contributed by atoms with Gasteiger partial charge in [-0.05, 0) is 46.7 Å². The predicted molar refractivity (Wildman–Crippen MR) is 84.3 cm³/mol. The minimum atomic E-state index is 0.00227. The summed E-state index contributed by atoms with van der Waals surface area (Å²) >= 11 is 5.51. The van der Waals surface area contributed by atoms with E-state index >= 15 is 0 Å². The average Bonchev–Trinajstić information content (AvgIpc) is 2.47. The number of hydrogen-bond donors (Lipinski definition) is 1. The molecule has 106 valence electrons. The van der Waals surface area contributed by atoms with Gasteiger partial charge >= 0.3 is 0 Å². The third kappa shape index (κ3) is 3.20. The van der Waals surface area contributed by atoms with Gasteiger partial charge in [0.15, 0.2) is 0 Å². The molecule has 1 heterocycles. The Kier molecular flexibility index (Phi) is 5.42. The number of rotatable bonds is 4. The van der Waals surface area contributed by atoms with Gasteiger partial charge in [-0.2, -0.15) is 11.8 Å². The monoisotopic (exact) mass is 345 g/mol. The highest BCUT2D eigenvalue weighted by Gasteiger charge is 2.26. The Hall–Kier alpha value is -0.390. The summed E-state index contributed by atoms with van der Waals surface area (Å²) in [4.78, 5) is 0. The zero-order valence-electron chi connectivity index (χ0n) is 11.3. The molecular formula is C14H20BrNO2S. The normalized spacial score (nSPS) is 20.9. The summed E-state index contributed by atoms with van der Waals surface area (Å²) in [5.41, 5.74) is 7.49. The minimum Gasteiger partial charge on any atom is -0.495 e. The lowest BCUT2D eigenvalue weighted by molar-refractivity contribution is 0.382. The molecule has 0 aliphatic carbocycles. The van der Waals surface area contributed by atoms with Crippen molar-refractivity contribution in [3.63, 3.8) is 0 Å². The smallest absolute Gasteiger partial charge is 0.141 e. The van der Waals surface area contributed by atoms with Gasteiger partial charge in [-0.3, -0.25) is 0 Å². The molecule has 2 unspecified atom stereocenters. The van der Waals surface area contributed by atoms with Crippen molar-refractivity contribution >= 4 is 27.7 Å². The van der Waals surface area contributed by atoms with Crippen LogP contribution in [0.5, 0.6) is 11.5 Å². The molecule has 1 aliphatic rings. The van der Waals surface area contributed by atoms with E-state index in [1.807, 2.05) is 23.9 Å². The maximum atomic E-state index is 6.44. The first-order valence-corrected chi connectivity index (χ1v) is 8.30. The highest BCUT2D eigenvalue weighted by Crippen LogP contribution is 2.42. The van der Waals surface area contributed by atoms with Gasteiger partial charge in [0.25, 0.3) is 0 Å². The molecule has 1 aliphatic heterocycles. The van der Waals surface area contributed by atoms with Crippen molar-refractivity contribution in [2.75, 3.05) is 20.0 Å².